The van der Waals surface area contributed by atoms with E-state index in [0.29, 0.717) is 29.7 Å². The molecule has 0 radical (unpaired) electrons. The van der Waals surface area contributed by atoms with E-state index in [0.717, 1.165) is 12.8 Å². The average Bonchev–Trinajstić information content (AvgIpc) is 2.73. The first-order valence-electron chi connectivity index (χ1n) is 10.2. The maximum atomic E-state index is 13.8. The number of benzene rings is 2. The van der Waals surface area contributed by atoms with Crippen LogP contribution in [0.4, 0.5) is 4.39 Å². The summed E-state index contributed by atoms with van der Waals surface area (Å²) in [7, 11) is 0. The minimum Gasteiger partial charge on any atom is -0.467 e. The van der Waals surface area contributed by atoms with E-state index < -0.39 is 5.72 Å². The molecule has 150 valence electrons. The van der Waals surface area contributed by atoms with Crippen LogP contribution in [0.25, 0.3) is 0 Å². The lowest BCUT2D eigenvalue weighted by Gasteiger charge is -2.55. The van der Waals surface area contributed by atoms with Gasteiger partial charge in [-0.05, 0) is 43.4 Å². The van der Waals surface area contributed by atoms with E-state index in [2.05, 4.69) is 10.6 Å². The normalized spacial score (nSPS) is 29.7. The zero-order valence-corrected chi connectivity index (χ0v) is 16.0. The third kappa shape index (κ3) is 3.07. The molecule has 1 spiro atoms. The van der Waals surface area contributed by atoms with Crippen molar-refractivity contribution in [2.75, 3.05) is 0 Å². The lowest BCUT2D eigenvalue weighted by Crippen LogP contribution is -2.66. The van der Waals surface area contributed by atoms with E-state index in [9.17, 15) is 14.0 Å². The number of nitrogens with one attached hydrogen (secondary N) is 2. The van der Waals surface area contributed by atoms with Gasteiger partial charge in [0.25, 0.3) is 5.91 Å². The predicted molar refractivity (Wildman–Crippen MR) is 104 cm³/mol. The van der Waals surface area contributed by atoms with Gasteiger partial charge in [-0.15, -0.1) is 0 Å². The molecule has 2 amide bonds. The summed E-state index contributed by atoms with van der Waals surface area (Å²) in [5.74, 6) is 0.225. The van der Waals surface area contributed by atoms with Crippen molar-refractivity contribution in [3.63, 3.8) is 0 Å². The van der Waals surface area contributed by atoms with Gasteiger partial charge in [0.2, 0.25) is 5.91 Å². The van der Waals surface area contributed by atoms with Gasteiger partial charge in [0.15, 0.2) is 5.72 Å². The van der Waals surface area contributed by atoms with Gasteiger partial charge < -0.3 is 15.4 Å². The lowest BCUT2D eigenvalue weighted by atomic mass is 9.60. The number of hydrogen-bond donors (Lipinski definition) is 2. The Bertz CT molecular complexity index is 978. The largest absolute Gasteiger partial charge is 0.467 e. The fourth-order valence-corrected chi connectivity index (χ4v) is 5.24. The summed E-state index contributed by atoms with van der Waals surface area (Å²) >= 11 is 0. The maximum absolute atomic E-state index is 13.8. The van der Waals surface area contributed by atoms with Crippen molar-refractivity contribution < 1.29 is 18.7 Å². The Balaban J connectivity index is 1.30. The maximum Gasteiger partial charge on any atom is 0.258 e. The smallest absolute Gasteiger partial charge is 0.258 e. The first kappa shape index (κ1) is 18.2. The molecule has 4 atom stereocenters. The van der Waals surface area contributed by atoms with Crippen LogP contribution in [0.5, 0.6) is 5.75 Å². The minimum atomic E-state index is -0.726. The minimum absolute atomic E-state index is 0.0414. The van der Waals surface area contributed by atoms with E-state index >= 15 is 0 Å². The molecular weight excluding hydrogens is 371 g/mol. The number of fused-ring (bicyclic) bond motifs is 3. The number of carbonyl (C=O) groups is 2. The van der Waals surface area contributed by atoms with E-state index in [1.54, 1.807) is 24.3 Å². The molecule has 3 fully saturated rings. The highest BCUT2D eigenvalue weighted by atomic mass is 19.1. The third-order valence-electron chi connectivity index (χ3n) is 6.71. The Morgan fingerprint density at radius 3 is 2.76 bits per heavy atom. The lowest BCUT2D eigenvalue weighted by molar-refractivity contribution is -0.146. The van der Waals surface area contributed by atoms with E-state index in [-0.39, 0.29) is 41.9 Å². The van der Waals surface area contributed by atoms with Crippen molar-refractivity contribution >= 4 is 11.8 Å². The van der Waals surface area contributed by atoms with Gasteiger partial charge in [0.1, 0.15) is 11.6 Å². The molecule has 0 unspecified atom stereocenters. The molecule has 29 heavy (non-hydrogen) atoms. The number of hydrogen-bond acceptors (Lipinski definition) is 3. The fraction of sp³-hybridized carbons (Fsp3) is 0.391. The second-order valence-corrected chi connectivity index (χ2v) is 8.33. The molecule has 2 N–H and O–H groups in total. The van der Waals surface area contributed by atoms with Crippen LogP contribution in [-0.2, 0) is 11.3 Å². The molecule has 5 nitrogen and oxygen atoms in total. The van der Waals surface area contributed by atoms with Gasteiger partial charge >= 0.3 is 0 Å². The molecule has 1 heterocycles. The summed E-state index contributed by atoms with van der Waals surface area (Å²) < 4.78 is 20.1. The van der Waals surface area contributed by atoms with Crippen molar-refractivity contribution in [2.24, 2.45) is 17.8 Å². The molecule has 4 aliphatic rings. The highest BCUT2D eigenvalue weighted by Crippen LogP contribution is 2.52. The number of carbonyl (C=O) groups excluding carboxylic acids is 2. The summed E-state index contributed by atoms with van der Waals surface area (Å²) in [6, 6.07) is 13.8. The third-order valence-corrected chi connectivity index (χ3v) is 6.71. The van der Waals surface area contributed by atoms with Gasteiger partial charge in [0, 0.05) is 30.4 Å². The van der Waals surface area contributed by atoms with Crippen molar-refractivity contribution in [1.29, 1.82) is 0 Å². The number of amides is 2. The molecule has 2 aromatic carbocycles. The topological polar surface area (TPSA) is 67.4 Å². The van der Waals surface area contributed by atoms with Crippen LogP contribution in [0.15, 0.2) is 48.5 Å². The summed E-state index contributed by atoms with van der Waals surface area (Å²) in [5.41, 5.74) is 0.313. The van der Waals surface area contributed by atoms with Gasteiger partial charge in [-0.2, -0.15) is 0 Å². The van der Waals surface area contributed by atoms with Crippen molar-refractivity contribution in [2.45, 2.75) is 38.0 Å². The molecule has 0 aromatic heterocycles. The Morgan fingerprint density at radius 2 is 1.97 bits per heavy atom. The van der Waals surface area contributed by atoms with Crippen LogP contribution in [0.2, 0.25) is 0 Å². The molecule has 6 rings (SSSR count). The SMILES string of the molecule is O=C1N[C@]2(C[C@H]3CC[C@H]2C[C@@H]3C(=O)NCc2ccccc2F)Oc2ccccc21. The monoisotopic (exact) mass is 394 g/mol. The predicted octanol–water partition coefficient (Wildman–Crippen LogP) is 3.40. The number of rotatable bonds is 3. The second-order valence-electron chi connectivity index (χ2n) is 8.33. The standard InChI is InChI=1S/C23H23FN2O3/c24-19-7-3-1-5-15(19)13-25-21(27)18-11-16-10-9-14(18)12-23(16)26-22(28)17-6-2-4-8-20(17)29-23/h1-8,14,16,18H,9-13H2,(H,25,27)(H,26,28)/t14-,16+,18+,23-/m1/s1. The number of para-hydroxylation sites is 1. The van der Waals surface area contributed by atoms with Crippen molar-refractivity contribution in [3.8, 4) is 5.75 Å². The highest BCUT2D eigenvalue weighted by molar-refractivity contribution is 5.98. The van der Waals surface area contributed by atoms with Crippen molar-refractivity contribution in [3.05, 3.63) is 65.5 Å². The molecule has 1 aliphatic heterocycles. The zero-order chi connectivity index (χ0) is 20.0. The molecular formula is C23H23FN2O3. The van der Waals surface area contributed by atoms with Crippen LogP contribution in [0.3, 0.4) is 0 Å². The van der Waals surface area contributed by atoms with Crippen LogP contribution in [0.1, 0.15) is 41.6 Å². The van der Waals surface area contributed by atoms with E-state index in [4.69, 9.17) is 4.74 Å². The number of halogens is 1. The second kappa shape index (κ2) is 6.87. The Hall–Kier alpha value is -2.89. The average molecular weight is 394 g/mol. The zero-order valence-electron chi connectivity index (χ0n) is 16.0. The fourth-order valence-electron chi connectivity index (χ4n) is 5.24. The Labute approximate surface area is 168 Å². The van der Waals surface area contributed by atoms with Crippen molar-refractivity contribution in [1.82, 2.24) is 10.6 Å². The Kier molecular flexibility index (Phi) is 4.30. The molecule has 6 heteroatoms. The molecule has 0 saturated heterocycles. The first-order chi connectivity index (χ1) is 14.1. The molecule has 2 bridgehead atoms. The quantitative estimate of drug-likeness (QED) is 0.839. The summed E-state index contributed by atoms with van der Waals surface area (Å²) in [4.78, 5) is 25.5. The summed E-state index contributed by atoms with van der Waals surface area (Å²) in [6.07, 6.45) is 3.14. The first-order valence-corrected chi connectivity index (χ1v) is 10.2. The van der Waals surface area contributed by atoms with E-state index in [1.165, 1.54) is 6.07 Å². The van der Waals surface area contributed by atoms with Crippen LogP contribution in [-0.4, -0.2) is 17.5 Å². The van der Waals surface area contributed by atoms with Crippen LogP contribution in [0, 0.1) is 23.6 Å². The van der Waals surface area contributed by atoms with E-state index in [1.807, 2.05) is 18.2 Å². The Morgan fingerprint density at radius 1 is 1.17 bits per heavy atom. The van der Waals surface area contributed by atoms with Gasteiger partial charge in [-0.1, -0.05) is 30.3 Å². The summed E-state index contributed by atoms with van der Waals surface area (Å²) in [5, 5.41) is 6.00. The highest BCUT2D eigenvalue weighted by Gasteiger charge is 2.57. The molecule has 2 aromatic rings. The summed E-state index contributed by atoms with van der Waals surface area (Å²) in [6.45, 7) is 0.186. The van der Waals surface area contributed by atoms with Gasteiger partial charge in [-0.25, -0.2) is 4.39 Å². The van der Waals surface area contributed by atoms with Gasteiger partial charge in [0.05, 0.1) is 5.56 Å². The van der Waals surface area contributed by atoms with Gasteiger partial charge in [-0.3, -0.25) is 9.59 Å². The number of ether oxygens (including phenoxy) is 1. The van der Waals surface area contributed by atoms with Crippen LogP contribution < -0.4 is 15.4 Å². The molecule has 3 saturated carbocycles. The van der Waals surface area contributed by atoms with Crippen LogP contribution >= 0.6 is 0 Å². The molecule has 3 aliphatic carbocycles.